The highest BCUT2D eigenvalue weighted by Crippen LogP contribution is 2.39. The number of hydrogen-bond donors (Lipinski definition) is 2. The fourth-order valence-electron chi connectivity index (χ4n) is 3.31. The molecule has 33 heavy (non-hydrogen) atoms. The summed E-state index contributed by atoms with van der Waals surface area (Å²) in [5.74, 6) is -2.73. The predicted octanol–water partition coefficient (Wildman–Crippen LogP) is 3.01. The van der Waals surface area contributed by atoms with E-state index in [1.54, 1.807) is 35.2 Å². The number of fused-ring (bicyclic) bond motifs is 1. The number of anilines is 1. The number of rotatable bonds is 8. The van der Waals surface area contributed by atoms with Gasteiger partial charge in [0.2, 0.25) is 6.10 Å². The lowest BCUT2D eigenvalue weighted by Crippen LogP contribution is -2.41. The molecule has 1 unspecified atom stereocenters. The highest BCUT2D eigenvalue weighted by atomic mass is 19.4. The summed E-state index contributed by atoms with van der Waals surface area (Å²) >= 11 is 0. The molecule has 0 aromatic heterocycles. The monoisotopic (exact) mass is 464 g/mol. The standard InChI is InChI=1S/C22H23F3N4O4/c23-22(24,25)21(31)33-28-19(27)15-8-6-7-14(13-15)18-20(30)29(12-5-1-4-11-26)16-9-2-3-10-17(16)32-18/h2-3,6-10,13,18H,1,4-5,11-12,26H2,(H2,27,28). The second kappa shape index (κ2) is 10.3. The fourth-order valence-corrected chi connectivity index (χ4v) is 3.31. The Hall–Kier alpha value is -3.60. The maximum absolute atomic E-state index is 13.3. The van der Waals surface area contributed by atoms with Crippen LogP contribution in [0.5, 0.6) is 5.75 Å². The molecule has 1 aliphatic heterocycles. The molecule has 0 fully saturated rings. The number of alkyl halides is 3. The molecule has 1 aliphatic rings. The number of nitrogens with two attached hydrogens (primary N) is 2. The van der Waals surface area contributed by atoms with E-state index in [4.69, 9.17) is 16.2 Å². The minimum atomic E-state index is -5.20. The summed E-state index contributed by atoms with van der Waals surface area (Å²) < 4.78 is 42.8. The number of unbranched alkanes of at least 4 members (excludes halogenated alkanes) is 2. The zero-order chi connectivity index (χ0) is 24.0. The Morgan fingerprint density at radius 1 is 1.12 bits per heavy atom. The van der Waals surface area contributed by atoms with Gasteiger partial charge in [0.1, 0.15) is 5.75 Å². The van der Waals surface area contributed by atoms with Gasteiger partial charge in [-0.25, -0.2) is 4.79 Å². The quantitative estimate of drug-likeness (QED) is 0.204. The molecule has 0 bridgehead atoms. The molecule has 0 radical (unpaired) electrons. The Kier molecular flexibility index (Phi) is 7.54. The largest absolute Gasteiger partial charge is 0.493 e. The molecule has 1 amide bonds. The summed E-state index contributed by atoms with van der Waals surface area (Å²) in [6, 6.07) is 13.2. The van der Waals surface area contributed by atoms with Crippen LogP contribution in [0.25, 0.3) is 0 Å². The van der Waals surface area contributed by atoms with Crippen molar-refractivity contribution in [3.63, 3.8) is 0 Å². The summed E-state index contributed by atoms with van der Waals surface area (Å²) in [5, 5.41) is 3.05. The van der Waals surface area contributed by atoms with E-state index >= 15 is 0 Å². The normalized spacial score (nSPS) is 16.2. The van der Waals surface area contributed by atoms with Gasteiger partial charge in [-0.1, -0.05) is 41.9 Å². The van der Waals surface area contributed by atoms with Gasteiger partial charge in [-0.2, -0.15) is 13.2 Å². The van der Waals surface area contributed by atoms with E-state index in [2.05, 4.69) is 9.99 Å². The summed E-state index contributed by atoms with van der Waals surface area (Å²) in [4.78, 5) is 29.6. The molecule has 4 N–H and O–H groups in total. The first-order valence-corrected chi connectivity index (χ1v) is 10.2. The van der Waals surface area contributed by atoms with Gasteiger partial charge in [-0.05, 0) is 37.6 Å². The van der Waals surface area contributed by atoms with Gasteiger partial charge in [0.25, 0.3) is 5.91 Å². The van der Waals surface area contributed by atoms with Crippen molar-refractivity contribution in [1.82, 2.24) is 0 Å². The molecule has 11 heteroatoms. The van der Waals surface area contributed by atoms with Crippen molar-refractivity contribution < 1.29 is 32.3 Å². The number of carbonyl (C=O) groups excluding carboxylic acids is 2. The second-order valence-corrected chi connectivity index (χ2v) is 7.28. The molecule has 3 rings (SSSR count). The molecular weight excluding hydrogens is 441 g/mol. The van der Waals surface area contributed by atoms with Crippen LogP contribution in [0.3, 0.4) is 0 Å². The molecular formula is C22H23F3N4O4. The van der Waals surface area contributed by atoms with Crippen LogP contribution < -0.4 is 21.1 Å². The van der Waals surface area contributed by atoms with E-state index in [0.717, 1.165) is 19.3 Å². The lowest BCUT2D eigenvalue weighted by Gasteiger charge is -2.34. The van der Waals surface area contributed by atoms with Crippen LogP contribution in [0.1, 0.15) is 36.5 Å². The maximum Gasteiger partial charge on any atom is 0.493 e. The highest BCUT2D eigenvalue weighted by Gasteiger charge is 2.42. The fraction of sp³-hybridized carbons (Fsp3) is 0.318. The van der Waals surface area contributed by atoms with Gasteiger partial charge < -0.3 is 25.9 Å². The smallest absolute Gasteiger partial charge is 0.474 e. The topological polar surface area (TPSA) is 120 Å². The number of ether oxygens (including phenoxy) is 1. The van der Waals surface area contributed by atoms with E-state index in [0.29, 0.717) is 30.1 Å². The number of oxime groups is 1. The number of carbonyl (C=O) groups is 2. The summed E-state index contributed by atoms with van der Waals surface area (Å²) in [6.45, 7) is 1.05. The summed E-state index contributed by atoms with van der Waals surface area (Å²) in [6.07, 6.45) is -3.72. The van der Waals surface area contributed by atoms with Gasteiger partial charge in [0.05, 0.1) is 5.69 Å². The number of amidine groups is 1. The number of hydrogen-bond acceptors (Lipinski definition) is 6. The van der Waals surface area contributed by atoms with E-state index < -0.39 is 24.1 Å². The number of nitrogens with zero attached hydrogens (tertiary/aromatic N) is 2. The molecule has 0 aliphatic carbocycles. The maximum atomic E-state index is 13.3. The lowest BCUT2D eigenvalue weighted by atomic mass is 10.0. The Morgan fingerprint density at radius 2 is 1.88 bits per heavy atom. The third kappa shape index (κ3) is 5.80. The summed E-state index contributed by atoms with van der Waals surface area (Å²) in [5.41, 5.74) is 12.5. The van der Waals surface area contributed by atoms with Crippen molar-refractivity contribution in [3.8, 4) is 5.75 Å². The van der Waals surface area contributed by atoms with Crippen LogP contribution in [-0.4, -0.2) is 37.0 Å². The molecule has 2 aromatic rings. The zero-order valence-corrected chi connectivity index (χ0v) is 17.5. The Balaban J connectivity index is 1.84. The molecule has 8 nitrogen and oxygen atoms in total. The third-order valence-electron chi connectivity index (χ3n) is 4.92. The molecule has 0 saturated heterocycles. The molecule has 1 heterocycles. The first kappa shape index (κ1) is 24.1. The average molecular weight is 464 g/mol. The first-order chi connectivity index (χ1) is 15.7. The lowest BCUT2D eigenvalue weighted by molar-refractivity contribution is -0.199. The molecule has 176 valence electrons. The minimum Gasteiger partial charge on any atom is -0.474 e. The van der Waals surface area contributed by atoms with Crippen molar-refractivity contribution in [2.24, 2.45) is 16.6 Å². The van der Waals surface area contributed by atoms with Gasteiger partial charge in [0.15, 0.2) is 5.84 Å². The number of halogens is 3. The number of benzene rings is 2. The first-order valence-electron chi connectivity index (χ1n) is 10.2. The van der Waals surface area contributed by atoms with Crippen molar-refractivity contribution in [2.75, 3.05) is 18.0 Å². The van der Waals surface area contributed by atoms with Crippen LogP contribution in [0.15, 0.2) is 53.7 Å². The van der Waals surface area contributed by atoms with Gasteiger partial charge in [0, 0.05) is 17.7 Å². The molecule has 1 atom stereocenters. The van der Waals surface area contributed by atoms with Crippen molar-refractivity contribution in [2.45, 2.75) is 31.5 Å². The Morgan fingerprint density at radius 3 is 2.61 bits per heavy atom. The van der Waals surface area contributed by atoms with E-state index in [-0.39, 0.29) is 11.5 Å². The van der Waals surface area contributed by atoms with Crippen molar-refractivity contribution in [1.29, 1.82) is 0 Å². The van der Waals surface area contributed by atoms with Crippen LogP contribution in [-0.2, 0) is 14.4 Å². The Labute approximate surface area is 187 Å². The van der Waals surface area contributed by atoms with E-state index in [1.165, 1.54) is 12.1 Å². The van der Waals surface area contributed by atoms with Gasteiger partial charge >= 0.3 is 12.1 Å². The van der Waals surface area contributed by atoms with E-state index in [9.17, 15) is 22.8 Å². The minimum absolute atomic E-state index is 0.159. The number of amides is 1. The van der Waals surface area contributed by atoms with Crippen LogP contribution >= 0.6 is 0 Å². The Bertz CT molecular complexity index is 1040. The van der Waals surface area contributed by atoms with Gasteiger partial charge in [-0.3, -0.25) is 4.79 Å². The molecule has 2 aromatic carbocycles. The predicted molar refractivity (Wildman–Crippen MR) is 114 cm³/mol. The zero-order valence-electron chi connectivity index (χ0n) is 17.5. The number of para-hydroxylation sites is 2. The SMILES string of the molecule is NCCCCCN1C(=O)C(c2cccc(/C(N)=N/OC(=O)C(F)(F)F)c2)Oc2ccccc21. The van der Waals surface area contributed by atoms with Crippen LogP contribution in [0, 0.1) is 0 Å². The van der Waals surface area contributed by atoms with Crippen molar-refractivity contribution in [3.05, 3.63) is 59.7 Å². The second-order valence-electron chi connectivity index (χ2n) is 7.28. The highest BCUT2D eigenvalue weighted by molar-refractivity contribution is 6.01. The molecule has 0 saturated carbocycles. The van der Waals surface area contributed by atoms with Gasteiger partial charge in [-0.15, -0.1) is 0 Å². The third-order valence-corrected chi connectivity index (χ3v) is 4.92. The summed E-state index contributed by atoms with van der Waals surface area (Å²) in [7, 11) is 0. The molecule has 0 spiro atoms. The average Bonchev–Trinajstić information content (AvgIpc) is 2.80. The van der Waals surface area contributed by atoms with Crippen LogP contribution in [0.4, 0.5) is 18.9 Å². The van der Waals surface area contributed by atoms with Crippen molar-refractivity contribution >= 4 is 23.4 Å². The van der Waals surface area contributed by atoms with Crippen LogP contribution in [0.2, 0.25) is 0 Å². The van der Waals surface area contributed by atoms with E-state index in [1.807, 2.05) is 6.07 Å².